The van der Waals surface area contributed by atoms with Gasteiger partial charge in [-0.15, -0.1) is 0 Å². The first-order valence-corrected chi connectivity index (χ1v) is 7.52. The molecule has 1 aromatic rings. The monoisotopic (exact) mass is 316 g/mol. The van der Waals surface area contributed by atoms with Crippen molar-refractivity contribution in [2.45, 2.75) is 57.8 Å². The van der Waals surface area contributed by atoms with Crippen LogP contribution in [0.1, 0.15) is 50.8 Å². The quantitative estimate of drug-likeness (QED) is 0.877. The molecular formula is C13H21BrN2O2. The average molecular weight is 317 g/mol. The van der Waals surface area contributed by atoms with Crippen LogP contribution in [0.5, 0.6) is 0 Å². The molecule has 1 aromatic heterocycles. The van der Waals surface area contributed by atoms with E-state index in [0.29, 0.717) is 6.10 Å². The molecule has 2 unspecified atom stereocenters. The van der Waals surface area contributed by atoms with Crippen LogP contribution in [-0.4, -0.2) is 27.6 Å². The van der Waals surface area contributed by atoms with Gasteiger partial charge in [0.2, 0.25) is 0 Å². The molecule has 1 aliphatic heterocycles. The zero-order valence-corrected chi connectivity index (χ0v) is 12.4. The lowest BCUT2D eigenvalue weighted by atomic mass is 10.1. The number of aliphatic hydroxyl groups excluding tert-OH is 1. The first kappa shape index (κ1) is 14.0. The first-order valence-electron chi connectivity index (χ1n) is 6.73. The standard InChI is InChI=1S/C13H21BrN2O2/c1-2-7-16-13(11(14)9-15-16)12(17)6-5-10-4-3-8-18-10/h9-10,12,17H,2-8H2,1H3. The van der Waals surface area contributed by atoms with Crippen molar-refractivity contribution in [1.29, 1.82) is 0 Å². The highest BCUT2D eigenvalue weighted by Crippen LogP contribution is 2.28. The molecule has 2 rings (SSSR count). The van der Waals surface area contributed by atoms with Gasteiger partial charge in [0.25, 0.3) is 0 Å². The number of aliphatic hydroxyl groups is 1. The molecule has 2 heterocycles. The van der Waals surface area contributed by atoms with Gasteiger partial charge in [-0.25, -0.2) is 0 Å². The highest BCUT2D eigenvalue weighted by Gasteiger charge is 2.21. The SMILES string of the molecule is CCCn1ncc(Br)c1C(O)CCC1CCCO1. The van der Waals surface area contributed by atoms with Gasteiger partial charge in [0.15, 0.2) is 0 Å². The predicted octanol–water partition coefficient (Wildman–Crippen LogP) is 3.05. The van der Waals surface area contributed by atoms with E-state index >= 15 is 0 Å². The lowest BCUT2D eigenvalue weighted by Gasteiger charge is -2.16. The van der Waals surface area contributed by atoms with Crippen LogP contribution >= 0.6 is 15.9 Å². The Morgan fingerprint density at radius 1 is 1.67 bits per heavy atom. The van der Waals surface area contributed by atoms with E-state index in [9.17, 15) is 5.11 Å². The van der Waals surface area contributed by atoms with Gasteiger partial charge in [-0.1, -0.05) is 6.92 Å². The second kappa shape index (κ2) is 6.68. The maximum atomic E-state index is 10.3. The van der Waals surface area contributed by atoms with E-state index in [2.05, 4.69) is 28.0 Å². The Bertz CT molecular complexity index is 375. The zero-order chi connectivity index (χ0) is 13.0. The Hall–Kier alpha value is -0.390. The average Bonchev–Trinajstić information content (AvgIpc) is 2.97. The van der Waals surface area contributed by atoms with Crippen LogP contribution in [0.25, 0.3) is 0 Å². The minimum atomic E-state index is -0.461. The second-order valence-corrected chi connectivity index (χ2v) is 5.68. The smallest absolute Gasteiger partial charge is 0.0969 e. The Morgan fingerprint density at radius 2 is 2.50 bits per heavy atom. The van der Waals surface area contributed by atoms with Crippen molar-refractivity contribution in [3.63, 3.8) is 0 Å². The van der Waals surface area contributed by atoms with Gasteiger partial charge in [0.1, 0.15) is 0 Å². The summed E-state index contributed by atoms with van der Waals surface area (Å²) in [6, 6.07) is 0. The van der Waals surface area contributed by atoms with E-state index < -0.39 is 6.10 Å². The molecule has 1 fully saturated rings. The van der Waals surface area contributed by atoms with Gasteiger partial charge in [0, 0.05) is 13.2 Å². The van der Waals surface area contributed by atoms with Gasteiger partial charge in [-0.05, 0) is 48.0 Å². The van der Waals surface area contributed by atoms with Crippen LogP contribution in [0, 0.1) is 0 Å². The molecule has 0 spiro atoms. The van der Waals surface area contributed by atoms with E-state index in [1.165, 1.54) is 0 Å². The molecule has 0 aliphatic carbocycles. The normalized spacial score (nSPS) is 21.4. The van der Waals surface area contributed by atoms with Gasteiger partial charge in [-0.3, -0.25) is 4.68 Å². The van der Waals surface area contributed by atoms with Crippen molar-refractivity contribution in [1.82, 2.24) is 9.78 Å². The molecule has 0 saturated carbocycles. The molecule has 0 amide bonds. The van der Waals surface area contributed by atoms with Gasteiger partial charge >= 0.3 is 0 Å². The number of ether oxygens (including phenoxy) is 1. The summed E-state index contributed by atoms with van der Waals surface area (Å²) in [4.78, 5) is 0. The molecule has 0 radical (unpaired) electrons. The maximum absolute atomic E-state index is 10.3. The number of hydrogen-bond donors (Lipinski definition) is 1. The number of halogens is 1. The van der Waals surface area contributed by atoms with Crippen LogP contribution in [0.4, 0.5) is 0 Å². The third kappa shape index (κ3) is 3.33. The molecule has 0 bridgehead atoms. The fourth-order valence-corrected chi connectivity index (χ4v) is 3.01. The number of nitrogens with zero attached hydrogens (tertiary/aromatic N) is 2. The molecule has 2 atom stereocenters. The van der Waals surface area contributed by atoms with E-state index in [-0.39, 0.29) is 0 Å². The van der Waals surface area contributed by atoms with Crippen LogP contribution in [0.15, 0.2) is 10.7 Å². The number of rotatable bonds is 6. The minimum absolute atomic E-state index is 0.334. The third-order valence-electron chi connectivity index (χ3n) is 3.37. The Morgan fingerprint density at radius 3 is 3.17 bits per heavy atom. The van der Waals surface area contributed by atoms with Gasteiger partial charge in [-0.2, -0.15) is 5.10 Å². The van der Waals surface area contributed by atoms with Crippen molar-refractivity contribution in [3.05, 3.63) is 16.4 Å². The lowest BCUT2D eigenvalue weighted by molar-refractivity contribution is 0.0786. The fraction of sp³-hybridized carbons (Fsp3) is 0.769. The Kier molecular flexibility index (Phi) is 5.21. The molecule has 18 heavy (non-hydrogen) atoms. The topological polar surface area (TPSA) is 47.3 Å². The summed E-state index contributed by atoms with van der Waals surface area (Å²) in [6.07, 6.45) is 6.59. The van der Waals surface area contributed by atoms with Crippen LogP contribution in [-0.2, 0) is 11.3 Å². The predicted molar refractivity (Wildman–Crippen MR) is 73.4 cm³/mol. The highest BCUT2D eigenvalue weighted by atomic mass is 79.9. The molecule has 1 aliphatic rings. The van der Waals surface area contributed by atoms with E-state index in [1.807, 2.05) is 4.68 Å². The van der Waals surface area contributed by atoms with Crippen LogP contribution in [0.2, 0.25) is 0 Å². The van der Waals surface area contributed by atoms with E-state index in [0.717, 1.165) is 55.4 Å². The number of aryl methyl sites for hydroxylation is 1. The largest absolute Gasteiger partial charge is 0.387 e. The summed E-state index contributed by atoms with van der Waals surface area (Å²) in [7, 11) is 0. The summed E-state index contributed by atoms with van der Waals surface area (Å²) in [5, 5.41) is 14.6. The number of hydrogen-bond acceptors (Lipinski definition) is 3. The molecule has 1 saturated heterocycles. The molecule has 4 nitrogen and oxygen atoms in total. The summed E-state index contributed by atoms with van der Waals surface area (Å²) >= 11 is 3.47. The molecule has 102 valence electrons. The van der Waals surface area contributed by atoms with Crippen LogP contribution in [0.3, 0.4) is 0 Å². The molecule has 0 aromatic carbocycles. The first-order chi connectivity index (χ1) is 8.72. The second-order valence-electron chi connectivity index (χ2n) is 4.83. The third-order valence-corrected chi connectivity index (χ3v) is 3.98. The highest BCUT2D eigenvalue weighted by molar-refractivity contribution is 9.10. The minimum Gasteiger partial charge on any atom is -0.387 e. The zero-order valence-electron chi connectivity index (χ0n) is 10.8. The summed E-state index contributed by atoms with van der Waals surface area (Å²) in [5.41, 5.74) is 0.898. The molecular weight excluding hydrogens is 296 g/mol. The van der Waals surface area contributed by atoms with Crippen molar-refractivity contribution in [2.24, 2.45) is 0 Å². The van der Waals surface area contributed by atoms with E-state index in [1.54, 1.807) is 6.20 Å². The Labute approximate surface area is 116 Å². The van der Waals surface area contributed by atoms with Crippen molar-refractivity contribution < 1.29 is 9.84 Å². The van der Waals surface area contributed by atoms with Gasteiger partial charge in [0.05, 0.1) is 28.6 Å². The Balaban J connectivity index is 1.94. The van der Waals surface area contributed by atoms with Crippen LogP contribution < -0.4 is 0 Å². The maximum Gasteiger partial charge on any atom is 0.0969 e. The molecule has 1 N–H and O–H groups in total. The van der Waals surface area contributed by atoms with Crippen molar-refractivity contribution >= 4 is 15.9 Å². The lowest BCUT2D eigenvalue weighted by Crippen LogP contribution is -2.12. The summed E-state index contributed by atoms with van der Waals surface area (Å²) < 4.78 is 8.38. The summed E-state index contributed by atoms with van der Waals surface area (Å²) in [6.45, 7) is 3.83. The van der Waals surface area contributed by atoms with Gasteiger partial charge < -0.3 is 9.84 Å². The fourth-order valence-electron chi connectivity index (χ4n) is 2.45. The van der Waals surface area contributed by atoms with Crippen molar-refractivity contribution in [3.8, 4) is 0 Å². The molecule has 5 heteroatoms. The summed E-state index contributed by atoms with van der Waals surface area (Å²) in [5.74, 6) is 0. The van der Waals surface area contributed by atoms with Crippen molar-refractivity contribution in [2.75, 3.05) is 6.61 Å². The number of aromatic nitrogens is 2. The van der Waals surface area contributed by atoms with E-state index in [4.69, 9.17) is 4.74 Å².